The zero-order valence-corrected chi connectivity index (χ0v) is 14.5. The SMILES string of the molecule is CCOc1ccccc1NC(=O)COC(=O)c1cc(C)ccc1OC. The van der Waals surface area contributed by atoms with Crippen LogP contribution in [0.25, 0.3) is 0 Å². The van der Waals surface area contributed by atoms with Gasteiger partial charge in [0.15, 0.2) is 6.61 Å². The van der Waals surface area contributed by atoms with Gasteiger partial charge in [-0.3, -0.25) is 4.79 Å². The molecule has 2 aromatic carbocycles. The molecule has 0 unspecified atom stereocenters. The zero-order valence-electron chi connectivity index (χ0n) is 14.5. The summed E-state index contributed by atoms with van der Waals surface area (Å²) < 4.78 is 15.7. The van der Waals surface area contributed by atoms with E-state index in [1.54, 1.807) is 30.3 Å². The van der Waals surface area contributed by atoms with Crippen molar-refractivity contribution in [1.29, 1.82) is 0 Å². The Morgan fingerprint density at radius 2 is 1.84 bits per heavy atom. The minimum atomic E-state index is -0.617. The van der Waals surface area contributed by atoms with E-state index in [9.17, 15) is 9.59 Å². The van der Waals surface area contributed by atoms with Crippen LogP contribution in [0.5, 0.6) is 11.5 Å². The Morgan fingerprint density at radius 3 is 2.56 bits per heavy atom. The molecule has 0 saturated heterocycles. The number of aryl methyl sites for hydroxylation is 1. The minimum absolute atomic E-state index is 0.282. The van der Waals surface area contributed by atoms with Crippen LogP contribution in [0, 0.1) is 6.92 Å². The molecular formula is C19H21NO5. The average Bonchev–Trinajstić information content (AvgIpc) is 2.61. The van der Waals surface area contributed by atoms with E-state index in [4.69, 9.17) is 14.2 Å². The van der Waals surface area contributed by atoms with Gasteiger partial charge >= 0.3 is 5.97 Å². The molecule has 132 valence electrons. The van der Waals surface area contributed by atoms with Gasteiger partial charge in [0, 0.05) is 0 Å². The number of carbonyl (C=O) groups is 2. The number of carbonyl (C=O) groups excluding carboxylic acids is 2. The van der Waals surface area contributed by atoms with Gasteiger partial charge in [-0.15, -0.1) is 0 Å². The Bertz CT molecular complexity index is 757. The molecule has 0 aromatic heterocycles. The maximum atomic E-state index is 12.2. The van der Waals surface area contributed by atoms with Gasteiger partial charge in [0.25, 0.3) is 5.91 Å². The maximum Gasteiger partial charge on any atom is 0.342 e. The average molecular weight is 343 g/mol. The number of nitrogens with one attached hydrogen (secondary N) is 1. The third-order valence-corrected chi connectivity index (χ3v) is 3.37. The van der Waals surface area contributed by atoms with E-state index < -0.39 is 18.5 Å². The Labute approximate surface area is 146 Å². The van der Waals surface area contributed by atoms with E-state index in [-0.39, 0.29) is 5.56 Å². The van der Waals surface area contributed by atoms with Crippen LogP contribution in [-0.2, 0) is 9.53 Å². The quantitative estimate of drug-likeness (QED) is 0.782. The lowest BCUT2D eigenvalue weighted by atomic mass is 10.1. The molecule has 0 fully saturated rings. The van der Waals surface area contributed by atoms with Crippen molar-refractivity contribution < 1.29 is 23.8 Å². The number of benzene rings is 2. The number of para-hydroxylation sites is 2. The topological polar surface area (TPSA) is 73.9 Å². The molecule has 0 spiro atoms. The molecule has 0 bridgehead atoms. The first-order valence-corrected chi connectivity index (χ1v) is 7.88. The van der Waals surface area contributed by atoms with Crippen molar-refractivity contribution >= 4 is 17.6 Å². The van der Waals surface area contributed by atoms with Crippen molar-refractivity contribution in [2.75, 3.05) is 25.6 Å². The summed E-state index contributed by atoms with van der Waals surface area (Å²) in [6.45, 7) is 3.79. The molecule has 0 saturated carbocycles. The third-order valence-electron chi connectivity index (χ3n) is 3.37. The molecule has 1 amide bonds. The van der Waals surface area contributed by atoms with Crippen molar-refractivity contribution in [2.45, 2.75) is 13.8 Å². The maximum absolute atomic E-state index is 12.2. The van der Waals surface area contributed by atoms with Crippen molar-refractivity contribution in [2.24, 2.45) is 0 Å². The van der Waals surface area contributed by atoms with Crippen molar-refractivity contribution in [3.63, 3.8) is 0 Å². The van der Waals surface area contributed by atoms with Crippen LogP contribution < -0.4 is 14.8 Å². The number of hydrogen-bond donors (Lipinski definition) is 1. The highest BCUT2D eigenvalue weighted by atomic mass is 16.5. The van der Waals surface area contributed by atoms with Gasteiger partial charge in [-0.05, 0) is 38.1 Å². The second kappa shape index (κ2) is 8.73. The fourth-order valence-corrected chi connectivity index (χ4v) is 2.23. The van der Waals surface area contributed by atoms with Crippen LogP contribution >= 0.6 is 0 Å². The second-order valence-corrected chi connectivity index (χ2v) is 5.26. The van der Waals surface area contributed by atoms with Crippen LogP contribution in [0.4, 0.5) is 5.69 Å². The highest BCUT2D eigenvalue weighted by Gasteiger charge is 2.16. The molecule has 1 N–H and O–H groups in total. The molecule has 6 heteroatoms. The van der Waals surface area contributed by atoms with E-state index in [1.807, 2.05) is 26.0 Å². The van der Waals surface area contributed by atoms with Crippen molar-refractivity contribution in [3.05, 3.63) is 53.6 Å². The predicted molar refractivity (Wildman–Crippen MR) is 94.3 cm³/mol. The van der Waals surface area contributed by atoms with Crippen LogP contribution in [0.3, 0.4) is 0 Å². The number of hydrogen-bond acceptors (Lipinski definition) is 5. The van der Waals surface area contributed by atoms with Gasteiger partial charge < -0.3 is 19.5 Å². The Balaban J connectivity index is 1.98. The number of rotatable bonds is 7. The number of anilines is 1. The summed E-state index contributed by atoms with van der Waals surface area (Å²) in [6, 6.07) is 12.2. The van der Waals surface area contributed by atoms with Crippen LogP contribution in [0.1, 0.15) is 22.8 Å². The van der Waals surface area contributed by atoms with E-state index >= 15 is 0 Å². The Hall–Kier alpha value is -3.02. The van der Waals surface area contributed by atoms with E-state index in [0.29, 0.717) is 23.8 Å². The van der Waals surface area contributed by atoms with Crippen molar-refractivity contribution in [3.8, 4) is 11.5 Å². The van der Waals surface area contributed by atoms with Crippen molar-refractivity contribution in [1.82, 2.24) is 0 Å². The molecule has 2 rings (SSSR count). The van der Waals surface area contributed by atoms with Crippen LogP contribution in [-0.4, -0.2) is 32.2 Å². The summed E-state index contributed by atoms with van der Waals surface area (Å²) in [5.74, 6) is -0.108. The molecule has 0 radical (unpaired) electrons. The zero-order chi connectivity index (χ0) is 18.2. The van der Waals surface area contributed by atoms with Crippen LogP contribution in [0.2, 0.25) is 0 Å². The van der Waals surface area contributed by atoms with Gasteiger partial charge in [-0.2, -0.15) is 0 Å². The lowest BCUT2D eigenvalue weighted by Crippen LogP contribution is -2.21. The third kappa shape index (κ3) is 4.97. The van der Waals surface area contributed by atoms with Gasteiger partial charge in [0.05, 0.1) is 19.4 Å². The fraction of sp³-hybridized carbons (Fsp3) is 0.263. The van der Waals surface area contributed by atoms with Gasteiger partial charge in [-0.1, -0.05) is 23.8 Å². The normalized spacial score (nSPS) is 10.0. The molecule has 0 aliphatic carbocycles. The molecule has 0 atom stereocenters. The van der Waals surface area contributed by atoms with Crippen LogP contribution in [0.15, 0.2) is 42.5 Å². The molecule has 0 aliphatic rings. The number of ether oxygens (including phenoxy) is 3. The number of methoxy groups -OCH3 is 1. The summed E-state index contributed by atoms with van der Waals surface area (Å²) in [4.78, 5) is 24.2. The Morgan fingerprint density at radius 1 is 1.08 bits per heavy atom. The van der Waals surface area contributed by atoms with E-state index in [0.717, 1.165) is 5.56 Å². The standard InChI is InChI=1S/C19H21NO5/c1-4-24-17-8-6-5-7-15(17)20-18(21)12-25-19(22)14-11-13(2)9-10-16(14)23-3/h5-11H,4,12H2,1-3H3,(H,20,21). The molecule has 0 aliphatic heterocycles. The molecule has 2 aromatic rings. The summed E-state index contributed by atoms with van der Waals surface area (Å²) in [5, 5.41) is 2.67. The highest BCUT2D eigenvalue weighted by molar-refractivity contribution is 5.97. The minimum Gasteiger partial charge on any atom is -0.496 e. The van der Waals surface area contributed by atoms with E-state index in [2.05, 4.69) is 5.32 Å². The summed E-state index contributed by atoms with van der Waals surface area (Å²) >= 11 is 0. The molecule has 6 nitrogen and oxygen atoms in total. The Kier molecular flexibility index (Phi) is 6.39. The van der Waals surface area contributed by atoms with Gasteiger partial charge in [-0.25, -0.2) is 4.79 Å². The lowest BCUT2D eigenvalue weighted by Gasteiger charge is -2.12. The monoisotopic (exact) mass is 343 g/mol. The summed E-state index contributed by atoms with van der Waals surface area (Å²) in [5.41, 5.74) is 1.70. The smallest absolute Gasteiger partial charge is 0.342 e. The number of amides is 1. The lowest BCUT2D eigenvalue weighted by molar-refractivity contribution is -0.119. The fourth-order valence-electron chi connectivity index (χ4n) is 2.23. The molecule has 0 heterocycles. The number of esters is 1. The first-order chi connectivity index (χ1) is 12.0. The highest BCUT2D eigenvalue weighted by Crippen LogP contribution is 2.24. The van der Waals surface area contributed by atoms with E-state index in [1.165, 1.54) is 7.11 Å². The largest absolute Gasteiger partial charge is 0.496 e. The van der Waals surface area contributed by atoms with Gasteiger partial charge in [0.1, 0.15) is 17.1 Å². The van der Waals surface area contributed by atoms with Gasteiger partial charge in [0.2, 0.25) is 0 Å². The first-order valence-electron chi connectivity index (χ1n) is 7.88. The summed E-state index contributed by atoms with van der Waals surface area (Å²) in [7, 11) is 1.47. The second-order valence-electron chi connectivity index (χ2n) is 5.26. The predicted octanol–water partition coefficient (Wildman–Crippen LogP) is 3.20. The molecule has 25 heavy (non-hydrogen) atoms. The summed E-state index contributed by atoms with van der Waals surface area (Å²) in [6.07, 6.45) is 0. The first kappa shape index (κ1) is 18.3. The molecular weight excluding hydrogens is 322 g/mol.